The lowest BCUT2D eigenvalue weighted by molar-refractivity contribution is 0.228. The molecule has 1 saturated carbocycles. The van der Waals surface area contributed by atoms with Crippen molar-refractivity contribution >= 4 is 0 Å². The molecule has 1 aliphatic carbocycles. The van der Waals surface area contributed by atoms with Crippen molar-refractivity contribution in [2.24, 2.45) is 11.8 Å². The van der Waals surface area contributed by atoms with Crippen LogP contribution < -0.4 is 5.32 Å². The molecule has 2 unspecified atom stereocenters. The maximum absolute atomic E-state index is 3.65. The summed E-state index contributed by atoms with van der Waals surface area (Å²) in [7, 11) is 0. The van der Waals surface area contributed by atoms with E-state index in [0.717, 1.165) is 11.8 Å². The van der Waals surface area contributed by atoms with Crippen LogP contribution in [0.1, 0.15) is 55.7 Å². The van der Waals surface area contributed by atoms with E-state index in [-0.39, 0.29) is 0 Å². The van der Waals surface area contributed by atoms with E-state index >= 15 is 0 Å². The van der Waals surface area contributed by atoms with E-state index in [1.165, 1.54) is 62.7 Å². The Labute approximate surface area is 125 Å². The van der Waals surface area contributed by atoms with Crippen molar-refractivity contribution in [1.29, 1.82) is 0 Å². The van der Waals surface area contributed by atoms with E-state index in [0.29, 0.717) is 0 Å². The standard InChI is InChI=1S/C19H31N/c1-4-11-20-14-18-8-6-5-7-17(18)13-19-12-15(2)9-10-16(19)3/h9-10,12,17-18,20H,4-8,11,13-14H2,1-3H3. The number of benzene rings is 1. The second-order valence-electron chi connectivity index (χ2n) is 6.64. The Kier molecular flexibility index (Phi) is 6.09. The van der Waals surface area contributed by atoms with Gasteiger partial charge in [-0.25, -0.2) is 0 Å². The van der Waals surface area contributed by atoms with E-state index in [1.807, 2.05) is 0 Å². The van der Waals surface area contributed by atoms with Gasteiger partial charge in [-0.1, -0.05) is 43.5 Å². The van der Waals surface area contributed by atoms with Gasteiger partial charge in [-0.05, 0) is 75.6 Å². The Morgan fingerprint density at radius 2 is 1.85 bits per heavy atom. The first-order chi connectivity index (χ1) is 9.70. The first-order valence-electron chi connectivity index (χ1n) is 8.47. The summed E-state index contributed by atoms with van der Waals surface area (Å²) in [6.07, 6.45) is 8.24. The Morgan fingerprint density at radius 3 is 2.60 bits per heavy atom. The van der Waals surface area contributed by atoms with Gasteiger partial charge < -0.3 is 5.32 Å². The zero-order chi connectivity index (χ0) is 14.4. The smallest absolute Gasteiger partial charge is 0.00178 e. The van der Waals surface area contributed by atoms with Gasteiger partial charge in [-0.2, -0.15) is 0 Å². The Morgan fingerprint density at radius 1 is 1.10 bits per heavy atom. The molecule has 1 N–H and O–H groups in total. The van der Waals surface area contributed by atoms with E-state index in [1.54, 1.807) is 5.56 Å². The van der Waals surface area contributed by atoms with Crippen molar-refractivity contribution in [1.82, 2.24) is 5.32 Å². The normalized spacial score (nSPS) is 22.9. The highest BCUT2D eigenvalue weighted by Gasteiger charge is 2.25. The Bertz CT molecular complexity index is 410. The molecule has 0 saturated heterocycles. The molecular weight excluding hydrogens is 242 g/mol. The molecule has 0 spiro atoms. The predicted octanol–water partition coefficient (Wildman–Crippen LogP) is 4.65. The van der Waals surface area contributed by atoms with Crippen LogP contribution in [0.5, 0.6) is 0 Å². The summed E-state index contributed by atoms with van der Waals surface area (Å²) in [6, 6.07) is 6.93. The van der Waals surface area contributed by atoms with Crippen molar-refractivity contribution in [2.75, 3.05) is 13.1 Å². The lowest BCUT2D eigenvalue weighted by Gasteiger charge is -2.32. The highest BCUT2D eigenvalue weighted by molar-refractivity contribution is 5.30. The van der Waals surface area contributed by atoms with Crippen molar-refractivity contribution in [3.05, 3.63) is 34.9 Å². The summed E-state index contributed by atoms with van der Waals surface area (Å²) in [5.41, 5.74) is 4.46. The fourth-order valence-electron chi connectivity index (χ4n) is 3.59. The van der Waals surface area contributed by atoms with Gasteiger partial charge in [0.2, 0.25) is 0 Å². The van der Waals surface area contributed by atoms with Crippen LogP contribution in [0.15, 0.2) is 18.2 Å². The van der Waals surface area contributed by atoms with Crippen LogP contribution in [0, 0.1) is 25.7 Å². The molecular formula is C19H31N. The van der Waals surface area contributed by atoms with Gasteiger partial charge in [0.1, 0.15) is 0 Å². The highest BCUT2D eigenvalue weighted by atomic mass is 14.9. The molecule has 1 aromatic carbocycles. The molecule has 0 bridgehead atoms. The summed E-state index contributed by atoms with van der Waals surface area (Å²) in [5.74, 6) is 1.77. The summed E-state index contributed by atoms with van der Waals surface area (Å²) in [5, 5.41) is 3.65. The first kappa shape index (κ1) is 15.6. The zero-order valence-corrected chi connectivity index (χ0v) is 13.5. The fourth-order valence-corrected chi connectivity index (χ4v) is 3.59. The number of hydrogen-bond acceptors (Lipinski definition) is 1. The number of nitrogens with one attached hydrogen (secondary N) is 1. The third kappa shape index (κ3) is 4.34. The molecule has 0 aromatic heterocycles. The summed E-state index contributed by atoms with van der Waals surface area (Å²) in [4.78, 5) is 0. The van der Waals surface area contributed by atoms with Crippen molar-refractivity contribution in [3.8, 4) is 0 Å². The molecule has 1 aromatic rings. The highest BCUT2D eigenvalue weighted by Crippen LogP contribution is 2.33. The first-order valence-corrected chi connectivity index (χ1v) is 8.47. The second kappa shape index (κ2) is 7.83. The monoisotopic (exact) mass is 273 g/mol. The van der Waals surface area contributed by atoms with E-state index in [9.17, 15) is 0 Å². The third-order valence-electron chi connectivity index (χ3n) is 4.89. The van der Waals surface area contributed by atoms with Crippen LogP contribution in [0.4, 0.5) is 0 Å². The minimum absolute atomic E-state index is 0.883. The Balaban J connectivity index is 1.98. The third-order valence-corrected chi connectivity index (χ3v) is 4.89. The van der Waals surface area contributed by atoms with Crippen LogP contribution in [0.25, 0.3) is 0 Å². The SMILES string of the molecule is CCCNCC1CCCCC1Cc1cc(C)ccc1C. The van der Waals surface area contributed by atoms with Gasteiger partial charge in [0.15, 0.2) is 0 Å². The van der Waals surface area contributed by atoms with Gasteiger partial charge in [-0.3, -0.25) is 0 Å². The number of aryl methyl sites for hydroxylation is 2. The molecule has 1 nitrogen and oxygen atoms in total. The molecule has 20 heavy (non-hydrogen) atoms. The van der Waals surface area contributed by atoms with E-state index in [2.05, 4.69) is 44.3 Å². The number of hydrogen-bond donors (Lipinski definition) is 1. The molecule has 2 rings (SSSR count). The van der Waals surface area contributed by atoms with Gasteiger partial charge in [0.25, 0.3) is 0 Å². The van der Waals surface area contributed by atoms with Gasteiger partial charge in [0, 0.05) is 0 Å². The lowest BCUT2D eigenvalue weighted by Crippen LogP contribution is -2.32. The second-order valence-corrected chi connectivity index (χ2v) is 6.64. The molecule has 112 valence electrons. The van der Waals surface area contributed by atoms with Crippen molar-refractivity contribution in [2.45, 2.75) is 59.3 Å². The predicted molar refractivity (Wildman–Crippen MR) is 88.2 cm³/mol. The van der Waals surface area contributed by atoms with Gasteiger partial charge in [-0.15, -0.1) is 0 Å². The molecule has 0 radical (unpaired) electrons. The maximum atomic E-state index is 3.65. The van der Waals surface area contributed by atoms with Crippen LogP contribution >= 0.6 is 0 Å². The summed E-state index contributed by atoms with van der Waals surface area (Å²) in [6.45, 7) is 9.13. The average Bonchev–Trinajstić information content (AvgIpc) is 2.45. The maximum Gasteiger partial charge on any atom is -0.00178 e. The van der Waals surface area contributed by atoms with Gasteiger partial charge >= 0.3 is 0 Å². The van der Waals surface area contributed by atoms with E-state index < -0.39 is 0 Å². The van der Waals surface area contributed by atoms with Crippen molar-refractivity contribution in [3.63, 3.8) is 0 Å². The minimum atomic E-state index is 0.883. The lowest BCUT2D eigenvalue weighted by atomic mass is 9.75. The molecule has 1 aliphatic rings. The molecule has 1 heteroatoms. The molecule has 0 amide bonds. The summed E-state index contributed by atoms with van der Waals surface area (Å²) >= 11 is 0. The van der Waals surface area contributed by atoms with Crippen LogP contribution in [-0.4, -0.2) is 13.1 Å². The number of rotatable bonds is 6. The fraction of sp³-hybridized carbons (Fsp3) is 0.684. The summed E-state index contributed by atoms with van der Waals surface area (Å²) < 4.78 is 0. The zero-order valence-electron chi connectivity index (χ0n) is 13.5. The molecule has 1 fully saturated rings. The molecule has 0 heterocycles. The Hall–Kier alpha value is -0.820. The molecule has 2 atom stereocenters. The van der Waals surface area contributed by atoms with E-state index in [4.69, 9.17) is 0 Å². The van der Waals surface area contributed by atoms with Crippen molar-refractivity contribution < 1.29 is 0 Å². The van der Waals surface area contributed by atoms with Gasteiger partial charge in [0.05, 0.1) is 0 Å². The quantitative estimate of drug-likeness (QED) is 0.744. The molecule has 0 aliphatic heterocycles. The average molecular weight is 273 g/mol. The minimum Gasteiger partial charge on any atom is -0.316 e. The van der Waals surface area contributed by atoms with Crippen LogP contribution in [-0.2, 0) is 6.42 Å². The topological polar surface area (TPSA) is 12.0 Å². The largest absolute Gasteiger partial charge is 0.316 e. The van der Waals surface area contributed by atoms with Crippen LogP contribution in [0.2, 0.25) is 0 Å². The van der Waals surface area contributed by atoms with Crippen LogP contribution in [0.3, 0.4) is 0 Å².